The van der Waals surface area contributed by atoms with E-state index in [-0.39, 0.29) is 0 Å². The Kier molecular flexibility index (Phi) is 6.37. The number of hydrogen-bond acceptors (Lipinski definition) is 5. The van der Waals surface area contributed by atoms with Gasteiger partial charge in [0.05, 0.1) is 0 Å². The minimum atomic E-state index is 0.830. The van der Waals surface area contributed by atoms with Gasteiger partial charge >= 0.3 is 0 Å². The van der Waals surface area contributed by atoms with Gasteiger partial charge in [0, 0.05) is 24.5 Å². The fraction of sp³-hybridized carbons (Fsp3) is 0.636. The van der Waals surface area contributed by atoms with Crippen molar-refractivity contribution in [3.05, 3.63) is 18.0 Å². The quantitative estimate of drug-likeness (QED) is 0.441. The molecule has 0 aromatic carbocycles. The van der Waals surface area contributed by atoms with Gasteiger partial charge in [-0.25, -0.2) is 9.97 Å². The molecule has 0 aliphatic carbocycles. The van der Waals surface area contributed by atoms with Gasteiger partial charge in [0.2, 0.25) is 0 Å². The largest absolute Gasteiger partial charge is 0.313 e. The summed E-state index contributed by atoms with van der Waals surface area (Å²) in [6, 6.07) is 0. The van der Waals surface area contributed by atoms with Crippen molar-refractivity contribution in [3.63, 3.8) is 0 Å². The number of nitrogens with one attached hydrogen (secondary N) is 1. The van der Waals surface area contributed by atoms with E-state index in [4.69, 9.17) is 0 Å². The van der Waals surface area contributed by atoms with Crippen molar-refractivity contribution in [1.82, 2.24) is 20.2 Å². The lowest BCUT2D eigenvalue weighted by molar-refractivity contribution is 0.394. The molecule has 1 heterocycles. The maximum atomic E-state index is 4.23. The lowest BCUT2D eigenvalue weighted by atomic mass is 10.3. The molecular formula is C11H20N4S. The monoisotopic (exact) mass is 240 g/mol. The third kappa shape index (κ3) is 5.44. The van der Waals surface area contributed by atoms with E-state index in [2.05, 4.69) is 34.3 Å². The van der Waals surface area contributed by atoms with Crippen molar-refractivity contribution in [2.24, 2.45) is 0 Å². The van der Waals surface area contributed by atoms with Crippen LogP contribution in [0.15, 0.2) is 17.6 Å². The number of aromatic nitrogens is 2. The molecule has 90 valence electrons. The summed E-state index contributed by atoms with van der Waals surface area (Å²) in [7, 11) is 4.18. The van der Waals surface area contributed by atoms with Gasteiger partial charge in [0.1, 0.15) is 0 Å². The molecular weight excluding hydrogens is 220 g/mol. The molecule has 1 aromatic heterocycles. The average Bonchev–Trinajstić information content (AvgIpc) is 2.29. The first-order chi connectivity index (χ1) is 7.72. The highest BCUT2D eigenvalue weighted by Crippen LogP contribution is 2.06. The lowest BCUT2D eigenvalue weighted by Crippen LogP contribution is -2.21. The molecule has 0 atom stereocenters. The Balaban J connectivity index is 2.16. The second kappa shape index (κ2) is 7.60. The van der Waals surface area contributed by atoms with E-state index >= 15 is 0 Å². The van der Waals surface area contributed by atoms with Crippen LogP contribution in [0.25, 0.3) is 0 Å². The van der Waals surface area contributed by atoms with Gasteiger partial charge in [-0.3, -0.25) is 0 Å². The van der Waals surface area contributed by atoms with Gasteiger partial charge in [-0.1, -0.05) is 11.8 Å². The average molecular weight is 240 g/mol. The van der Waals surface area contributed by atoms with E-state index in [0.717, 1.165) is 36.8 Å². The summed E-state index contributed by atoms with van der Waals surface area (Å²) in [5.41, 5.74) is 1.14. The minimum absolute atomic E-state index is 0.830. The van der Waals surface area contributed by atoms with E-state index in [1.54, 1.807) is 11.8 Å². The van der Waals surface area contributed by atoms with Crippen LogP contribution in [-0.2, 0) is 6.54 Å². The minimum Gasteiger partial charge on any atom is -0.313 e. The smallest absolute Gasteiger partial charge is 0.187 e. The SMILES string of the molecule is CSc1ncc(CNCCCN(C)C)cn1. The Morgan fingerprint density at radius 3 is 2.56 bits per heavy atom. The molecule has 0 aliphatic heterocycles. The van der Waals surface area contributed by atoms with Gasteiger partial charge < -0.3 is 10.2 Å². The van der Waals surface area contributed by atoms with Gasteiger partial charge in [-0.05, 0) is 39.9 Å². The molecule has 0 unspecified atom stereocenters. The number of rotatable bonds is 7. The zero-order valence-corrected chi connectivity index (χ0v) is 11.0. The van der Waals surface area contributed by atoms with Gasteiger partial charge in [-0.2, -0.15) is 0 Å². The highest BCUT2D eigenvalue weighted by Gasteiger charge is 1.96. The van der Waals surface area contributed by atoms with Gasteiger partial charge in [0.15, 0.2) is 5.16 Å². The van der Waals surface area contributed by atoms with Crippen LogP contribution in [0.4, 0.5) is 0 Å². The number of thioether (sulfide) groups is 1. The first kappa shape index (κ1) is 13.4. The summed E-state index contributed by atoms with van der Waals surface area (Å²) in [6.07, 6.45) is 6.92. The van der Waals surface area contributed by atoms with E-state index in [9.17, 15) is 0 Å². The normalized spacial score (nSPS) is 11.0. The molecule has 5 heteroatoms. The molecule has 0 amide bonds. The highest BCUT2D eigenvalue weighted by atomic mass is 32.2. The number of nitrogens with zero attached hydrogens (tertiary/aromatic N) is 3. The van der Waals surface area contributed by atoms with Gasteiger partial charge in [-0.15, -0.1) is 0 Å². The fourth-order valence-corrected chi connectivity index (χ4v) is 1.61. The molecule has 4 nitrogen and oxygen atoms in total. The Morgan fingerprint density at radius 1 is 1.31 bits per heavy atom. The van der Waals surface area contributed by atoms with Crippen LogP contribution in [0.1, 0.15) is 12.0 Å². The standard InChI is InChI=1S/C11H20N4S/c1-15(2)6-4-5-12-7-10-8-13-11(16-3)14-9-10/h8-9,12H,4-7H2,1-3H3. The Bertz CT molecular complexity index is 287. The molecule has 0 bridgehead atoms. The van der Waals surface area contributed by atoms with Crippen LogP contribution >= 0.6 is 11.8 Å². The first-order valence-electron chi connectivity index (χ1n) is 5.42. The van der Waals surface area contributed by atoms with Crippen molar-refractivity contribution in [2.45, 2.75) is 18.1 Å². The molecule has 0 radical (unpaired) electrons. The Hall–Kier alpha value is -0.650. The summed E-state index contributed by atoms with van der Waals surface area (Å²) in [4.78, 5) is 10.6. The molecule has 1 N–H and O–H groups in total. The number of hydrogen-bond donors (Lipinski definition) is 1. The summed E-state index contributed by atoms with van der Waals surface area (Å²) in [5.74, 6) is 0. The maximum absolute atomic E-state index is 4.23. The Morgan fingerprint density at radius 2 is 2.00 bits per heavy atom. The first-order valence-corrected chi connectivity index (χ1v) is 6.65. The fourth-order valence-electron chi connectivity index (χ4n) is 1.29. The van der Waals surface area contributed by atoms with Crippen molar-refractivity contribution in [1.29, 1.82) is 0 Å². The predicted octanol–water partition coefficient (Wildman–Crippen LogP) is 1.24. The molecule has 16 heavy (non-hydrogen) atoms. The molecule has 1 aromatic rings. The van der Waals surface area contributed by atoms with Crippen LogP contribution in [0, 0.1) is 0 Å². The van der Waals surface area contributed by atoms with Crippen molar-refractivity contribution >= 4 is 11.8 Å². The summed E-state index contributed by atoms with van der Waals surface area (Å²) < 4.78 is 0. The van der Waals surface area contributed by atoms with Crippen molar-refractivity contribution in [3.8, 4) is 0 Å². The third-order valence-corrected chi connectivity index (χ3v) is 2.73. The molecule has 1 rings (SSSR count). The van der Waals surface area contributed by atoms with E-state index in [1.807, 2.05) is 18.6 Å². The van der Waals surface area contributed by atoms with Crippen LogP contribution in [0.3, 0.4) is 0 Å². The van der Waals surface area contributed by atoms with E-state index in [0.29, 0.717) is 0 Å². The lowest BCUT2D eigenvalue weighted by Gasteiger charge is -2.09. The predicted molar refractivity (Wildman–Crippen MR) is 68.7 cm³/mol. The van der Waals surface area contributed by atoms with Crippen molar-refractivity contribution in [2.75, 3.05) is 33.4 Å². The van der Waals surface area contributed by atoms with E-state index < -0.39 is 0 Å². The maximum Gasteiger partial charge on any atom is 0.187 e. The third-order valence-electron chi connectivity index (χ3n) is 2.15. The van der Waals surface area contributed by atoms with Gasteiger partial charge in [0.25, 0.3) is 0 Å². The molecule has 0 aliphatic rings. The van der Waals surface area contributed by atoms with Crippen molar-refractivity contribution < 1.29 is 0 Å². The zero-order chi connectivity index (χ0) is 11.8. The molecule has 0 saturated carbocycles. The van der Waals surface area contributed by atoms with Crippen LogP contribution in [-0.4, -0.2) is 48.3 Å². The summed E-state index contributed by atoms with van der Waals surface area (Å²) in [6.45, 7) is 3.00. The van der Waals surface area contributed by atoms with Crippen LogP contribution in [0.2, 0.25) is 0 Å². The topological polar surface area (TPSA) is 41.1 Å². The zero-order valence-electron chi connectivity index (χ0n) is 10.2. The second-order valence-electron chi connectivity index (χ2n) is 3.91. The second-order valence-corrected chi connectivity index (χ2v) is 4.69. The molecule has 0 saturated heterocycles. The van der Waals surface area contributed by atoms with Crippen LogP contribution < -0.4 is 5.32 Å². The highest BCUT2D eigenvalue weighted by molar-refractivity contribution is 7.98. The van der Waals surface area contributed by atoms with Crippen LogP contribution in [0.5, 0.6) is 0 Å². The Labute approximate surface area is 102 Å². The summed E-state index contributed by atoms with van der Waals surface area (Å²) in [5, 5.41) is 4.21. The molecule has 0 spiro atoms. The summed E-state index contributed by atoms with van der Waals surface area (Å²) >= 11 is 1.56. The molecule has 0 fully saturated rings. The van der Waals surface area contributed by atoms with E-state index in [1.165, 1.54) is 0 Å².